The SMILES string of the molecule is Clc1ccc(CN=C2Nc3ccccc3CC23CCOCC3)cc1. The topological polar surface area (TPSA) is 33.6 Å². The smallest absolute Gasteiger partial charge is 0.108 e. The van der Waals surface area contributed by atoms with Gasteiger partial charge in [-0.25, -0.2) is 0 Å². The zero-order valence-corrected chi connectivity index (χ0v) is 14.4. The van der Waals surface area contributed by atoms with Crippen LogP contribution in [0.5, 0.6) is 0 Å². The molecule has 24 heavy (non-hydrogen) atoms. The van der Waals surface area contributed by atoms with Crippen molar-refractivity contribution in [3.63, 3.8) is 0 Å². The van der Waals surface area contributed by atoms with Gasteiger partial charge in [-0.15, -0.1) is 0 Å². The maximum absolute atomic E-state index is 5.97. The van der Waals surface area contributed by atoms with E-state index in [4.69, 9.17) is 21.3 Å². The van der Waals surface area contributed by atoms with E-state index in [-0.39, 0.29) is 5.41 Å². The van der Waals surface area contributed by atoms with Gasteiger partial charge in [0.2, 0.25) is 0 Å². The molecule has 0 unspecified atom stereocenters. The Bertz CT molecular complexity index is 748. The summed E-state index contributed by atoms with van der Waals surface area (Å²) < 4.78 is 5.61. The highest BCUT2D eigenvalue weighted by Gasteiger charge is 2.41. The normalized spacial score (nSPS) is 20.6. The number of amidine groups is 1. The first-order valence-electron chi connectivity index (χ1n) is 8.47. The molecule has 2 aromatic rings. The lowest BCUT2D eigenvalue weighted by Gasteiger charge is -2.42. The molecule has 0 atom stereocenters. The summed E-state index contributed by atoms with van der Waals surface area (Å²) in [6, 6.07) is 16.5. The van der Waals surface area contributed by atoms with Crippen LogP contribution in [0, 0.1) is 5.41 Å². The first-order chi connectivity index (χ1) is 11.8. The van der Waals surface area contributed by atoms with Crippen LogP contribution in [0.3, 0.4) is 0 Å². The lowest BCUT2D eigenvalue weighted by molar-refractivity contribution is 0.0448. The number of nitrogens with zero attached hydrogens (tertiary/aromatic N) is 1. The zero-order chi connectivity index (χ0) is 16.4. The molecule has 0 aromatic heterocycles. The molecule has 2 aliphatic heterocycles. The van der Waals surface area contributed by atoms with Crippen LogP contribution in [-0.4, -0.2) is 19.0 Å². The molecule has 1 saturated heterocycles. The molecule has 0 saturated carbocycles. The molecule has 124 valence electrons. The van der Waals surface area contributed by atoms with Crippen LogP contribution >= 0.6 is 11.6 Å². The summed E-state index contributed by atoms with van der Waals surface area (Å²) in [5.74, 6) is 1.11. The second kappa shape index (κ2) is 6.58. The van der Waals surface area contributed by atoms with Gasteiger partial charge in [0.05, 0.1) is 6.54 Å². The summed E-state index contributed by atoms with van der Waals surface area (Å²) in [4.78, 5) is 4.97. The van der Waals surface area contributed by atoms with Crippen LogP contribution in [0.1, 0.15) is 24.0 Å². The minimum atomic E-state index is 0.0824. The Morgan fingerprint density at radius 3 is 2.58 bits per heavy atom. The molecule has 1 fully saturated rings. The molecule has 1 spiro atoms. The fraction of sp³-hybridized carbons (Fsp3) is 0.350. The van der Waals surface area contributed by atoms with Gasteiger partial charge in [0.15, 0.2) is 0 Å². The van der Waals surface area contributed by atoms with Crippen molar-refractivity contribution in [3.8, 4) is 0 Å². The maximum atomic E-state index is 5.97. The highest BCUT2D eigenvalue weighted by Crippen LogP contribution is 2.41. The Morgan fingerprint density at radius 2 is 1.79 bits per heavy atom. The molecule has 4 rings (SSSR count). The van der Waals surface area contributed by atoms with Crippen molar-refractivity contribution >= 4 is 23.1 Å². The van der Waals surface area contributed by atoms with E-state index in [1.807, 2.05) is 24.3 Å². The molecule has 0 amide bonds. The fourth-order valence-corrected chi connectivity index (χ4v) is 3.77. The van der Waals surface area contributed by atoms with E-state index in [0.29, 0.717) is 6.54 Å². The molecule has 0 aliphatic carbocycles. The molecule has 1 N–H and O–H groups in total. The number of hydrogen-bond donors (Lipinski definition) is 1. The third-order valence-corrected chi connectivity index (χ3v) is 5.34. The minimum absolute atomic E-state index is 0.0824. The van der Waals surface area contributed by atoms with E-state index in [1.54, 1.807) is 0 Å². The number of ether oxygens (including phenoxy) is 1. The van der Waals surface area contributed by atoms with E-state index < -0.39 is 0 Å². The van der Waals surface area contributed by atoms with Gasteiger partial charge in [-0.05, 0) is 48.6 Å². The highest BCUT2D eigenvalue weighted by molar-refractivity contribution is 6.30. The standard InChI is InChI=1S/C20H21ClN2O/c21-17-7-5-15(6-8-17)14-22-19-20(9-11-24-12-10-20)13-16-3-1-2-4-18(16)23-19/h1-8H,9-14H2,(H,22,23). The number of fused-ring (bicyclic) bond motifs is 1. The van der Waals surface area contributed by atoms with Crippen LogP contribution in [0.15, 0.2) is 53.5 Å². The van der Waals surface area contributed by atoms with Gasteiger partial charge in [0.25, 0.3) is 0 Å². The molecular weight excluding hydrogens is 320 g/mol. The van der Waals surface area contributed by atoms with E-state index in [1.165, 1.54) is 16.8 Å². The zero-order valence-electron chi connectivity index (χ0n) is 13.6. The Hall–Kier alpha value is -1.84. The third kappa shape index (κ3) is 3.06. The van der Waals surface area contributed by atoms with E-state index in [0.717, 1.165) is 43.3 Å². The van der Waals surface area contributed by atoms with Crippen LogP contribution < -0.4 is 5.32 Å². The second-order valence-corrected chi connectivity index (χ2v) is 7.08. The van der Waals surface area contributed by atoms with Crippen LogP contribution in [-0.2, 0) is 17.7 Å². The number of aliphatic imine (C=N–C) groups is 1. The first-order valence-corrected chi connectivity index (χ1v) is 8.85. The Balaban J connectivity index is 1.65. The largest absolute Gasteiger partial charge is 0.381 e. The summed E-state index contributed by atoms with van der Waals surface area (Å²) in [5, 5.41) is 4.37. The molecule has 2 heterocycles. The van der Waals surface area contributed by atoms with Gasteiger partial charge in [-0.3, -0.25) is 4.99 Å². The van der Waals surface area contributed by atoms with Crippen molar-refractivity contribution in [1.82, 2.24) is 0 Å². The number of benzene rings is 2. The van der Waals surface area contributed by atoms with Crippen molar-refractivity contribution in [2.45, 2.75) is 25.8 Å². The molecule has 3 nitrogen and oxygen atoms in total. The van der Waals surface area contributed by atoms with Crippen molar-refractivity contribution in [2.75, 3.05) is 18.5 Å². The number of nitrogens with one attached hydrogen (secondary N) is 1. The highest BCUT2D eigenvalue weighted by atomic mass is 35.5. The minimum Gasteiger partial charge on any atom is -0.381 e. The van der Waals surface area contributed by atoms with Gasteiger partial charge >= 0.3 is 0 Å². The molecular formula is C20H21ClN2O. The van der Waals surface area contributed by atoms with Gasteiger partial charge in [0.1, 0.15) is 5.84 Å². The maximum Gasteiger partial charge on any atom is 0.108 e. The number of anilines is 1. The van der Waals surface area contributed by atoms with Crippen molar-refractivity contribution < 1.29 is 4.74 Å². The molecule has 2 aromatic carbocycles. The summed E-state index contributed by atoms with van der Waals surface area (Å²) in [5.41, 5.74) is 3.82. The van der Waals surface area contributed by atoms with Crippen molar-refractivity contribution in [3.05, 3.63) is 64.7 Å². The number of para-hydroxylation sites is 1. The predicted octanol–water partition coefficient (Wildman–Crippen LogP) is 4.70. The van der Waals surface area contributed by atoms with Gasteiger partial charge in [-0.2, -0.15) is 0 Å². The molecule has 0 radical (unpaired) electrons. The molecule has 2 aliphatic rings. The Labute approximate surface area is 147 Å². The Morgan fingerprint density at radius 1 is 1.04 bits per heavy atom. The fourth-order valence-electron chi connectivity index (χ4n) is 3.65. The third-order valence-electron chi connectivity index (χ3n) is 5.08. The number of hydrogen-bond acceptors (Lipinski definition) is 2. The number of rotatable bonds is 2. The van der Waals surface area contributed by atoms with Crippen LogP contribution in [0.25, 0.3) is 0 Å². The van der Waals surface area contributed by atoms with Gasteiger partial charge in [0, 0.05) is 29.3 Å². The van der Waals surface area contributed by atoms with Crippen molar-refractivity contribution in [2.24, 2.45) is 10.4 Å². The quantitative estimate of drug-likeness (QED) is 0.859. The van der Waals surface area contributed by atoms with E-state index in [2.05, 4.69) is 29.6 Å². The molecule has 0 bridgehead atoms. The van der Waals surface area contributed by atoms with Crippen LogP contribution in [0.4, 0.5) is 5.69 Å². The Kier molecular flexibility index (Phi) is 4.30. The lowest BCUT2D eigenvalue weighted by Crippen LogP contribution is -2.45. The summed E-state index contributed by atoms with van der Waals surface area (Å²) in [7, 11) is 0. The average Bonchev–Trinajstić information content (AvgIpc) is 2.62. The number of halogens is 1. The predicted molar refractivity (Wildman–Crippen MR) is 98.8 cm³/mol. The van der Waals surface area contributed by atoms with Gasteiger partial charge in [-0.1, -0.05) is 41.9 Å². The average molecular weight is 341 g/mol. The van der Waals surface area contributed by atoms with Crippen LogP contribution in [0.2, 0.25) is 5.02 Å². The monoisotopic (exact) mass is 340 g/mol. The van der Waals surface area contributed by atoms with Crippen molar-refractivity contribution in [1.29, 1.82) is 0 Å². The van der Waals surface area contributed by atoms with Gasteiger partial charge < -0.3 is 10.1 Å². The summed E-state index contributed by atoms with van der Waals surface area (Å²) in [6.45, 7) is 2.29. The van der Waals surface area contributed by atoms with E-state index >= 15 is 0 Å². The summed E-state index contributed by atoms with van der Waals surface area (Å²) >= 11 is 5.97. The second-order valence-electron chi connectivity index (χ2n) is 6.64. The summed E-state index contributed by atoms with van der Waals surface area (Å²) in [6.07, 6.45) is 3.08. The first kappa shape index (κ1) is 15.7. The van der Waals surface area contributed by atoms with E-state index in [9.17, 15) is 0 Å². The lowest BCUT2D eigenvalue weighted by atomic mass is 9.71. The molecule has 4 heteroatoms.